The number of carbonyl (C=O) groups excluding carboxylic acids is 1. The van der Waals surface area contributed by atoms with E-state index in [4.69, 9.17) is 0 Å². The van der Waals surface area contributed by atoms with Gasteiger partial charge in [0, 0.05) is 13.0 Å². The fourth-order valence-electron chi connectivity index (χ4n) is 4.36. The van der Waals surface area contributed by atoms with Gasteiger partial charge in [0.25, 0.3) is 5.56 Å². The van der Waals surface area contributed by atoms with Crippen LogP contribution in [-0.2, 0) is 18.4 Å². The van der Waals surface area contributed by atoms with Crippen LogP contribution in [0.15, 0.2) is 53.3 Å². The van der Waals surface area contributed by atoms with Gasteiger partial charge in [-0.05, 0) is 50.2 Å². The molecular weight excluding hydrogens is 408 g/mol. The molecule has 1 aliphatic heterocycles. The third-order valence-corrected chi connectivity index (χ3v) is 6.18. The highest BCUT2D eigenvalue weighted by Crippen LogP contribution is 2.25. The highest BCUT2D eigenvalue weighted by atomic mass is 16.3. The summed E-state index contributed by atoms with van der Waals surface area (Å²) in [4.78, 5) is 27.5. The van der Waals surface area contributed by atoms with Gasteiger partial charge in [-0.3, -0.25) is 23.5 Å². The summed E-state index contributed by atoms with van der Waals surface area (Å²) in [5, 5.41) is 22.0. The van der Waals surface area contributed by atoms with Crippen molar-refractivity contribution in [1.82, 2.24) is 24.1 Å². The summed E-state index contributed by atoms with van der Waals surface area (Å²) in [6.45, 7) is 2.08. The summed E-state index contributed by atoms with van der Waals surface area (Å²) >= 11 is 0. The number of rotatable bonds is 4. The number of hydrogen-bond donors (Lipinski definition) is 2. The number of phenols is 1. The zero-order valence-electron chi connectivity index (χ0n) is 17.7. The van der Waals surface area contributed by atoms with Crippen LogP contribution in [0.2, 0.25) is 0 Å². The van der Waals surface area contributed by atoms with Crippen molar-refractivity contribution in [3.8, 4) is 5.75 Å². The van der Waals surface area contributed by atoms with Gasteiger partial charge in [0.2, 0.25) is 11.7 Å². The van der Waals surface area contributed by atoms with Gasteiger partial charge in [0.05, 0.1) is 23.1 Å². The van der Waals surface area contributed by atoms with Gasteiger partial charge in [-0.1, -0.05) is 24.3 Å². The number of aromatic nitrogens is 4. The molecule has 9 nitrogen and oxygen atoms in total. The zero-order chi connectivity index (χ0) is 22.2. The van der Waals surface area contributed by atoms with Crippen molar-refractivity contribution in [1.29, 1.82) is 0 Å². The monoisotopic (exact) mass is 432 g/mol. The smallest absolute Gasteiger partial charge is 0.262 e. The molecule has 5 rings (SSSR count). The summed E-state index contributed by atoms with van der Waals surface area (Å²) in [6, 6.07) is 14.2. The molecule has 32 heavy (non-hydrogen) atoms. The van der Waals surface area contributed by atoms with E-state index in [0.717, 1.165) is 37.3 Å². The van der Waals surface area contributed by atoms with E-state index in [0.29, 0.717) is 23.4 Å². The first-order valence-electron chi connectivity index (χ1n) is 10.7. The Labute approximate surface area is 183 Å². The molecule has 1 fully saturated rings. The average Bonchev–Trinajstić information content (AvgIpc) is 3.23. The van der Waals surface area contributed by atoms with E-state index in [9.17, 15) is 14.7 Å². The predicted octanol–water partition coefficient (Wildman–Crippen LogP) is 2.14. The van der Waals surface area contributed by atoms with Gasteiger partial charge in [0.1, 0.15) is 5.75 Å². The Kier molecular flexibility index (Phi) is 5.10. The minimum atomic E-state index is -0.109. The van der Waals surface area contributed by atoms with Crippen molar-refractivity contribution in [2.24, 2.45) is 13.0 Å². The highest BCUT2D eigenvalue weighted by molar-refractivity contribution is 5.93. The van der Waals surface area contributed by atoms with Crippen molar-refractivity contribution in [3.63, 3.8) is 0 Å². The van der Waals surface area contributed by atoms with Crippen LogP contribution in [-0.4, -0.2) is 48.2 Å². The number of likely N-dealkylation sites (tertiary alicyclic amines) is 1. The Morgan fingerprint density at radius 1 is 1.09 bits per heavy atom. The minimum Gasteiger partial charge on any atom is -0.506 e. The summed E-state index contributed by atoms with van der Waals surface area (Å²) in [5.74, 6) is 1.17. The number of carbonyl (C=O) groups is 1. The molecule has 4 aromatic rings. The summed E-state index contributed by atoms with van der Waals surface area (Å²) in [7, 11) is 1.71. The Hall–Kier alpha value is -3.72. The zero-order valence-corrected chi connectivity index (χ0v) is 17.7. The standard InChI is InChI=1S/C23H24N6O3/c1-27-22(32)16-6-2-4-8-18(16)29-20(25-26-23(27)29)14-28-12-10-15(11-13-28)21(31)24-17-7-3-5-9-19(17)30/h2-9,15,30H,10-14H2,1H3,(H,24,31). The number of aromatic hydroxyl groups is 1. The first-order valence-corrected chi connectivity index (χ1v) is 10.7. The van der Waals surface area contributed by atoms with E-state index in [-0.39, 0.29) is 23.1 Å². The van der Waals surface area contributed by atoms with Crippen molar-refractivity contribution in [3.05, 3.63) is 64.7 Å². The minimum absolute atomic E-state index is 0.0681. The summed E-state index contributed by atoms with van der Waals surface area (Å²) in [5.41, 5.74) is 1.14. The molecule has 9 heteroatoms. The fraction of sp³-hybridized carbons (Fsp3) is 0.304. The topological polar surface area (TPSA) is 105 Å². The quantitative estimate of drug-likeness (QED) is 0.479. The third-order valence-electron chi connectivity index (χ3n) is 6.18. The average molecular weight is 432 g/mol. The Balaban J connectivity index is 1.31. The molecule has 2 aromatic heterocycles. The number of phenolic OH excluding ortho intramolecular Hbond substituents is 1. The number of fused-ring (bicyclic) bond motifs is 3. The number of benzene rings is 2. The molecule has 2 aromatic carbocycles. The van der Waals surface area contributed by atoms with Crippen LogP contribution in [0.25, 0.3) is 16.7 Å². The van der Waals surface area contributed by atoms with Crippen LogP contribution < -0.4 is 10.9 Å². The predicted molar refractivity (Wildman–Crippen MR) is 120 cm³/mol. The number of anilines is 1. The highest BCUT2D eigenvalue weighted by Gasteiger charge is 2.26. The van der Waals surface area contributed by atoms with E-state index >= 15 is 0 Å². The van der Waals surface area contributed by atoms with Crippen LogP contribution >= 0.6 is 0 Å². The van der Waals surface area contributed by atoms with Gasteiger partial charge in [-0.15, -0.1) is 10.2 Å². The van der Waals surface area contributed by atoms with Gasteiger partial charge in [-0.2, -0.15) is 0 Å². The molecule has 0 unspecified atom stereocenters. The van der Waals surface area contributed by atoms with E-state index in [1.807, 2.05) is 28.7 Å². The number of amides is 1. The second-order valence-electron chi connectivity index (χ2n) is 8.19. The maximum Gasteiger partial charge on any atom is 0.262 e. The molecule has 3 heterocycles. The number of piperidine rings is 1. The van der Waals surface area contributed by atoms with E-state index in [1.54, 1.807) is 31.3 Å². The molecule has 164 valence electrons. The van der Waals surface area contributed by atoms with E-state index in [2.05, 4.69) is 20.4 Å². The molecule has 1 saturated heterocycles. The first kappa shape index (κ1) is 20.2. The second-order valence-corrected chi connectivity index (χ2v) is 8.19. The lowest BCUT2D eigenvalue weighted by atomic mass is 9.95. The Morgan fingerprint density at radius 3 is 2.59 bits per heavy atom. The lowest BCUT2D eigenvalue weighted by Crippen LogP contribution is -2.38. The molecule has 1 aliphatic rings. The summed E-state index contributed by atoms with van der Waals surface area (Å²) < 4.78 is 3.46. The molecular formula is C23H24N6O3. The van der Waals surface area contributed by atoms with Gasteiger partial charge >= 0.3 is 0 Å². The van der Waals surface area contributed by atoms with Crippen LogP contribution in [0.4, 0.5) is 5.69 Å². The molecule has 2 N–H and O–H groups in total. The van der Waals surface area contributed by atoms with Crippen LogP contribution in [0.1, 0.15) is 18.7 Å². The van der Waals surface area contributed by atoms with Crippen LogP contribution in [0.5, 0.6) is 5.75 Å². The van der Waals surface area contributed by atoms with E-state index < -0.39 is 0 Å². The number of nitrogens with zero attached hydrogens (tertiary/aromatic N) is 5. The van der Waals surface area contributed by atoms with Crippen molar-refractivity contribution < 1.29 is 9.90 Å². The SMILES string of the molecule is Cn1c(=O)c2ccccc2n2c(CN3CCC(C(=O)Nc4ccccc4O)CC3)nnc12. The summed E-state index contributed by atoms with van der Waals surface area (Å²) in [6.07, 6.45) is 1.44. The van der Waals surface area contributed by atoms with Crippen LogP contribution in [0, 0.1) is 5.92 Å². The van der Waals surface area contributed by atoms with Gasteiger partial charge in [0.15, 0.2) is 5.82 Å². The molecule has 0 bridgehead atoms. The first-order chi connectivity index (χ1) is 15.5. The molecule has 0 aliphatic carbocycles. The molecule has 0 atom stereocenters. The largest absolute Gasteiger partial charge is 0.506 e. The Bertz CT molecular complexity index is 1370. The van der Waals surface area contributed by atoms with E-state index in [1.165, 1.54) is 4.57 Å². The third kappa shape index (κ3) is 3.50. The van der Waals surface area contributed by atoms with Crippen molar-refractivity contribution in [2.45, 2.75) is 19.4 Å². The second kappa shape index (κ2) is 8.08. The maximum atomic E-state index is 12.6. The lowest BCUT2D eigenvalue weighted by molar-refractivity contribution is -0.121. The lowest BCUT2D eigenvalue weighted by Gasteiger charge is -2.30. The number of hydrogen-bond acceptors (Lipinski definition) is 6. The normalized spacial score (nSPS) is 15.4. The van der Waals surface area contributed by atoms with Gasteiger partial charge < -0.3 is 10.4 Å². The number of aryl methyl sites for hydroxylation is 1. The fourth-order valence-corrected chi connectivity index (χ4v) is 4.36. The van der Waals surface area contributed by atoms with Gasteiger partial charge in [-0.25, -0.2) is 0 Å². The molecule has 0 radical (unpaired) electrons. The molecule has 1 amide bonds. The van der Waals surface area contributed by atoms with Crippen LogP contribution in [0.3, 0.4) is 0 Å². The number of nitrogens with one attached hydrogen (secondary N) is 1. The Morgan fingerprint density at radius 2 is 1.81 bits per heavy atom. The molecule has 0 spiro atoms. The van der Waals surface area contributed by atoms with Crippen molar-refractivity contribution >= 4 is 28.3 Å². The maximum absolute atomic E-state index is 12.6. The molecule has 0 saturated carbocycles. The van der Waals surface area contributed by atoms with Crippen molar-refractivity contribution in [2.75, 3.05) is 18.4 Å². The number of para-hydroxylation sites is 3.